The number of rotatable bonds is 3. The molecule has 1 rings (SSSR count). The van der Waals surface area contributed by atoms with Gasteiger partial charge < -0.3 is 9.94 Å². The fourth-order valence-electron chi connectivity index (χ4n) is 1.84. The smallest absolute Gasteiger partial charge is 0.230 e. The normalized spacial score (nSPS) is 27.3. The predicted molar refractivity (Wildman–Crippen MR) is 57.4 cm³/mol. The standard InChI is InChI=1S/C11H21NO2/c1-5-6-8-9(7-11(2,3)4)14-12-10(8)13/h8-9H,5-7H2,1-4H3,(H,12,13). The first-order chi connectivity index (χ1) is 6.44. The van der Waals surface area contributed by atoms with E-state index in [0.717, 1.165) is 19.3 Å². The molecule has 3 nitrogen and oxygen atoms in total. The van der Waals surface area contributed by atoms with Crippen LogP contribution < -0.4 is 0 Å². The van der Waals surface area contributed by atoms with Crippen LogP contribution in [-0.4, -0.2) is 17.1 Å². The summed E-state index contributed by atoms with van der Waals surface area (Å²) in [6.45, 7) is 8.64. The number of hydrogen-bond acceptors (Lipinski definition) is 2. The molecule has 1 aliphatic rings. The Bertz CT molecular complexity index is 218. The third kappa shape index (κ3) is 2.89. The number of aliphatic hydroxyl groups excluding tert-OH is 1. The van der Waals surface area contributed by atoms with Gasteiger partial charge in [0.2, 0.25) is 5.90 Å². The molecule has 0 spiro atoms. The lowest BCUT2D eigenvalue weighted by atomic mass is 9.83. The van der Waals surface area contributed by atoms with Gasteiger partial charge in [0.15, 0.2) is 0 Å². The Kier molecular flexibility index (Phi) is 3.40. The Labute approximate surface area is 86.1 Å². The molecule has 14 heavy (non-hydrogen) atoms. The second kappa shape index (κ2) is 4.20. The zero-order valence-corrected chi connectivity index (χ0v) is 9.58. The van der Waals surface area contributed by atoms with Crippen molar-refractivity contribution in [1.82, 2.24) is 0 Å². The van der Waals surface area contributed by atoms with Gasteiger partial charge in [0, 0.05) is 0 Å². The Balaban J connectivity index is 2.55. The van der Waals surface area contributed by atoms with Gasteiger partial charge in [0.05, 0.1) is 5.92 Å². The van der Waals surface area contributed by atoms with Gasteiger partial charge in [-0.05, 0) is 18.3 Å². The lowest BCUT2D eigenvalue weighted by molar-refractivity contribution is 0.0297. The van der Waals surface area contributed by atoms with Gasteiger partial charge in [-0.15, -0.1) is 0 Å². The lowest BCUT2D eigenvalue weighted by Crippen LogP contribution is -2.27. The van der Waals surface area contributed by atoms with E-state index in [0.29, 0.717) is 0 Å². The molecule has 1 heterocycles. The van der Waals surface area contributed by atoms with Crippen LogP contribution in [0.3, 0.4) is 0 Å². The van der Waals surface area contributed by atoms with Crippen molar-refractivity contribution in [3.8, 4) is 0 Å². The van der Waals surface area contributed by atoms with Crippen LogP contribution in [0.4, 0.5) is 0 Å². The molecule has 1 aliphatic heterocycles. The average molecular weight is 199 g/mol. The Morgan fingerprint density at radius 3 is 2.57 bits per heavy atom. The molecular formula is C11H21NO2. The fourth-order valence-corrected chi connectivity index (χ4v) is 1.84. The SMILES string of the molecule is CCCC1C(O)=NOC1CC(C)(C)C. The van der Waals surface area contributed by atoms with Crippen LogP contribution >= 0.6 is 0 Å². The Morgan fingerprint density at radius 2 is 2.07 bits per heavy atom. The highest BCUT2D eigenvalue weighted by Gasteiger charge is 2.35. The second-order valence-electron chi connectivity index (χ2n) is 5.25. The summed E-state index contributed by atoms with van der Waals surface area (Å²) in [5, 5.41) is 13.2. The molecule has 0 aromatic heterocycles. The highest BCUT2D eigenvalue weighted by atomic mass is 16.7. The maximum Gasteiger partial charge on any atom is 0.230 e. The minimum atomic E-state index is 0.0648. The van der Waals surface area contributed by atoms with Gasteiger partial charge in [0.1, 0.15) is 6.10 Å². The van der Waals surface area contributed by atoms with Crippen LogP contribution in [0.1, 0.15) is 47.0 Å². The quantitative estimate of drug-likeness (QED) is 0.758. The van der Waals surface area contributed by atoms with E-state index in [4.69, 9.17) is 4.84 Å². The van der Waals surface area contributed by atoms with Crippen LogP contribution in [0.2, 0.25) is 0 Å². The maximum atomic E-state index is 9.51. The molecular weight excluding hydrogens is 178 g/mol. The molecule has 0 radical (unpaired) electrons. The van der Waals surface area contributed by atoms with Gasteiger partial charge in [0.25, 0.3) is 0 Å². The highest BCUT2D eigenvalue weighted by molar-refractivity contribution is 5.77. The third-order valence-electron chi connectivity index (χ3n) is 2.48. The summed E-state index contributed by atoms with van der Waals surface area (Å²) in [4.78, 5) is 5.24. The molecule has 0 fully saturated rings. The molecule has 0 aromatic rings. The van der Waals surface area contributed by atoms with E-state index in [1.165, 1.54) is 0 Å². The van der Waals surface area contributed by atoms with Crippen molar-refractivity contribution in [2.75, 3.05) is 0 Å². The van der Waals surface area contributed by atoms with Crippen LogP contribution in [0.25, 0.3) is 0 Å². The van der Waals surface area contributed by atoms with Crippen molar-refractivity contribution in [3.05, 3.63) is 0 Å². The first-order valence-electron chi connectivity index (χ1n) is 5.36. The minimum Gasteiger partial charge on any atom is -0.494 e. The first kappa shape index (κ1) is 11.3. The minimum absolute atomic E-state index is 0.0648. The van der Waals surface area contributed by atoms with Crippen LogP contribution in [0.15, 0.2) is 5.16 Å². The van der Waals surface area contributed by atoms with Gasteiger partial charge in [-0.3, -0.25) is 0 Å². The van der Waals surface area contributed by atoms with Crippen molar-refractivity contribution in [2.24, 2.45) is 16.5 Å². The van der Waals surface area contributed by atoms with Crippen LogP contribution in [-0.2, 0) is 4.84 Å². The molecule has 3 heteroatoms. The average Bonchev–Trinajstić information content (AvgIpc) is 2.33. The summed E-state index contributed by atoms with van der Waals surface area (Å²) >= 11 is 0. The Hall–Kier alpha value is -0.730. The zero-order valence-electron chi connectivity index (χ0n) is 9.58. The number of oxime groups is 1. The summed E-state index contributed by atoms with van der Waals surface area (Å²) in [5.74, 6) is 0.292. The predicted octanol–water partition coefficient (Wildman–Crippen LogP) is 3.11. The zero-order chi connectivity index (χ0) is 10.8. The lowest BCUT2D eigenvalue weighted by Gasteiger charge is -2.24. The molecule has 82 valence electrons. The van der Waals surface area contributed by atoms with E-state index in [9.17, 15) is 5.11 Å². The summed E-state index contributed by atoms with van der Waals surface area (Å²) in [6.07, 6.45) is 3.00. The van der Waals surface area contributed by atoms with E-state index in [1.807, 2.05) is 0 Å². The van der Waals surface area contributed by atoms with Gasteiger partial charge in [-0.25, -0.2) is 0 Å². The molecule has 0 saturated carbocycles. The molecule has 0 amide bonds. The molecule has 0 aromatic carbocycles. The van der Waals surface area contributed by atoms with Crippen LogP contribution in [0.5, 0.6) is 0 Å². The molecule has 0 bridgehead atoms. The van der Waals surface area contributed by atoms with Crippen molar-refractivity contribution < 1.29 is 9.94 Å². The number of hydrogen-bond donors (Lipinski definition) is 1. The molecule has 0 aliphatic carbocycles. The third-order valence-corrected chi connectivity index (χ3v) is 2.48. The summed E-state index contributed by atoms with van der Waals surface area (Å²) in [6, 6.07) is 0. The molecule has 2 atom stereocenters. The van der Waals surface area contributed by atoms with Crippen LogP contribution in [0, 0.1) is 11.3 Å². The first-order valence-corrected chi connectivity index (χ1v) is 5.36. The molecule has 2 unspecified atom stereocenters. The molecule has 0 saturated heterocycles. The van der Waals surface area contributed by atoms with E-state index in [-0.39, 0.29) is 23.3 Å². The fraction of sp³-hybridized carbons (Fsp3) is 0.909. The monoisotopic (exact) mass is 199 g/mol. The highest BCUT2D eigenvalue weighted by Crippen LogP contribution is 2.31. The summed E-state index contributed by atoms with van der Waals surface area (Å²) < 4.78 is 0. The summed E-state index contributed by atoms with van der Waals surface area (Å²) in [7, 11) is 0. The number of nitrogens with zero attached hydrogens (tertiary/aromatic N) is 1. The van der Waals surface area contributed by atoms with E-state index in [2.05, 4.69) is 32.9 Å². The largest absolute Gasteiger partial charge is 0.494 e. The topological polar surface area (TPSA) is 41.8 Å². The van der Waals surface area contributed by atoms with Gasteiger partial charge in [-0.1, -0.05) is 39.3 Å². The Morgan fingerprint density at radius 1 is 1.43 bits per heavy atom. The van der Waals surface area contributed by atoms with Crippen molar-refractivity contribution in [3.63, 3.8) is 0 Å². The van der Waals surface area contributed by atoms with Gasteiger partial charge >= 0.3 is 0 Å². The maximum absolute atomic E-state index is 9.51. The molecule has 1 N–H and O–H groups in total. The second-order valence-corrected chi connectivity index (χ2v) is 5.25. The van der Waals surface area contributed by atoms with Crippen molar-refractivity contribution >= 4 is 5.90 Å². The van der Waals surface area contributed by atoms with E-state index < -0.39 is 0 Å². The van der Waals surface area contributed by atoms with E-state index >= 15 is 0 Å². The van der Waals surface area contributed by atoms with Gasteiger partial charge in [-0.2, -0.15) is 0 Å². The van der Waals surface area contributed by atoms with Crippen molar-refractivity contribution in [2.45, 2.75) is 53.1 Å². The van der Waals surface area contributed by atoms with Crippen molar-refractivity contribution in [1.29, 1.82) is 0 Å². The van der Waals surface area contributed by atoms with E-state index in [1.54, 1.807) is 0 Å². The summed E-state index contributed by atoms with van der Waals surface area (Å²) in [5.41, 5.74) is 0.219. The number of aliphatic hydroxyl groups is 1.